The minimum atomic E-state index is -3.36. The molecule has 0 aliphatic rings. The van der Waals surface area contributed by atoms with Gasteiger partial charge in [-0.1, -0.05) is 42.5 Å². The Balaban J connectivity index is 1.86. The molecule has 140 valence electrons. The number of aromatic amines is 1. The Bertz CT molecular complexity index is 1200. The van der Waals surface area contributed by atoms with Gasteiger partial charge in [0, 0.05) is 34.8 Å². The molecule has 0 amide bonds. The highest BCUT2D eigenvalue weighted by Gasteiger charge is 2.16. The van der Waals surface area contributed by atoms with E-state index in [4.69, 9.17) is 4.98 Å². The van der Waals surface area contributed by atoms with E-state index in [1.165, 1.54) is 0 Å². The predicted molar refractivity (Wildman–Crippen MR) is 111 cm³/mol. The van der Waals surface area contributed by atoms with E-state index in [-0.39, 0.29) is 0 Å². The van der Waals surface area contributed by atoms with Gasteiger partial charge in [0.05, 0.1) is 17.6 Å². The number of pyridine rings is 1. The Morgan fingerprint density at radius 1 is 0.857 bits per heavy atom. The number of benzene rings is 2. The van der Waals surface area contributed by atoms with Gasteiger partial charge in [-0.25, -0.2) is 13.4 Å². The van der Waals surface area contributed by atoms with Gasteiger partial charge in [-0.05, 0) is 24.3 Å². The van der Waals surface area contributed by atoms with Crippen molar-refractivity contribution in [3.8, 4) is 33.9 Å². The van der Waals surface area contributed by atoms with Crippen LogP contribution in [0.4, 0.5) is 5.69 Å². The second kappa shape index (κ2) is 7.28. The zero-order chi connectivity index (χ0) is 19.6. The van der Waals surface area contributed by atoms with Crippen molar-refractivity contribution in [1.29, 1.82) is 0 Å². The lowest BCUT2D eigenvalue weighted by Gasteiger charge is -2.07. The summed E-state index contributed by atoms with van der Waals surface area (Å²) in [7, 11) is -3.36. The highest BCUT2D eigenvalue weighted by Crippen LogP contribution is 2.33. The number of H-pyrrole nitrogens is 1. The van der Waals surface area contributed by atoms with E-state index in [2.05, 4.69) is 14.7 Å². The van der Waals surface area contributed by atoms with Crippen LogP contribution >= 0.6 is 0 Å². The number of nitrogens with zero attached hydrogens (tertiary/aromatic N) is 2. The second-order valence-corrected chi connectivity index (χ2v) is 8.11. The summed E-state index contributed by atoms with van der Waals surface area (Å²) < 4.78 is 25.7. The van der Waals surface area contributed by atoms with Crippen molar-refractivity contribution in [1.82, 2.24) is 15.0 Å². The van der Waals surface area contributed by atoms with Crippen LogP contribution in [0.5, 0.6) is 0 Å². The monoisotopic (exact) mass is 390 g/mol. The lowest BCUT2D eigenvalue weighted by molar-refractivity contribution is 0.607. The summed E-state index contributed by atoms with van der Waals surface area (Å²) in [6, 6.07) is 20.9. The molecule has 4 rings (SSSR count). The summed E-state index contributed by atoms with van der Waals surface area (Å²) in [6.07, 6.45) is 4.57. The summed E-state index contributed by atoms with van der Waals surface area (Å²) in [4.78, 5) is 12.3. The molecule has 0 radical (unpaired) electrons. The van der Waals surface area contributed by atoms with Crippen LogP contribution in [0.25, 0.3) is 33.9 Å². The van der Waals surface area contributed by atoms with Crippen molar-refractivity contribution >= 4 is 15.7 Å². The van der Waals surface area contributed by atoms with Gasteiger partial charge >= 0.3 is 0 Å². The van der Waals surface area contributed by atoms with Crippen LogP contribution in [0.1, 0.15) is 0 Å². The van der Waals surface area contributed by atoms with Crippen LogP contribution in [-0.2, 0) is 10.0 Å². The average molecular weight is 390 g/mol. The highest BCUT2D eigenvalue weighted by molar-refractivity contribution is 7.92. The third-order valence-corrected chi connectivity index (χ3v) is 4.77. The molecular weight excluding hydrogens is 372 g/mol. The molecule has 0 aliphatic heterocycles. The SMILES string of the molecule is CS(=O)(=O)Nc1cccc(-c2[nH]c(-c3ccccc3)nc2-c2ccncc2)c1. The number of aromatic nitrogens is 3. The number of nitrogens with one attached hydrogen (secondary N) is 2. The van der Waals surface area contributed by atoms with E-state index in [1.807, 2.05) is 54.6 Å². The maximum atomic E-state index is 11.6. The molecule has 0 saturated heterocycles. The van der Waals surface area contributed by atoms with Crippen LogP contribution in [0.2, 0.25) is 0 Å². The smallest absolute Gasteiger partial charge is 0.229 e. The van der Waals surface area contributed by atoms with Gasteiger partial charge in [0.1, 0.15) is 5.82 Å². The van der Waals surface area contributed by atoms with Crippen molar-refractivity contribution in [2.45, 2.75) is 0 Å². The van der Waals surface area contributed by atoms with Crippen molar-refractivity contribution in [3.63, 3.8) is 0 Å². The first-order valence-corrected chi connectivity index (χ1v) is 10.5. The molecule has 6 nitrogen and oxygen atoms in total. The molecule has 0 unspecified atom stereocenters. The van der Waals surface area contributed by atoms with Gasteiger partial charge in [-0.3, -0.25) is 9.71 Å². The molecule has 2 heterocycles. The molecular formula is C21H18N4O2S. The Morgan fingerprint density at radius 3 is 2.29 bits per heavy atom. The van der Waals surface area contributed by atoms with Crippen LogP contribution in [0.3, 0.4) is 0 Å². The van der Waals surface area contributed by atoms with E-state index in [0.29, 0.717) is 5.69 Å². The van der Waals surface area contributed by atoms with E-state index in [1.54, 1.807) is 24.5 Å². The standard InChI is InChI=1S/C21H18N4O2S/c1-28(26,27)25-18-9-5-8-17(14-18)20-19(15-10-12-22-13-11-15)23-21(24-20)16-6-3-2-4-7-16/h2-14,25H,1H3,(H,23,24). The summed E-state index contributed by atoms with van der Waals surface area (Å²) in [5.41, 5.74) is 4.80. The zero-order valence-corrected chi connectivity index (χ0v) is 15.9. The van der Waals surface area contributed by atoms with Crippen molar-refractivity contribution in [2.24, 2.45) is 0 Å². The molecule has 2 N–H and O–H groups in total. The third-order valence-electron chi connectivity index (χ3n) is 4.16. The molecule has 7 heteroatoms. The first-order valence-electron chi connectivity index (χ1n) is 8.64. The number of rotatable bonds is 5. The van der Waals surface area contributed by atoms with Crippen molar-refractivity contribution in [3.05, 3.63) is 79.1 Å². The Hall–Kier alpha value is -3.45. The van der Waals surface area contributed by atoms with Gasteiger partial charge in [0.15, 0.2) is 0 Å². The maximum absolute atomic E-state index is 11.6. The van der Waals surface area contributed by atoms with Crippen LogP contribution in [-0.4, -0.2) is 29.6 Å². The Kier molecular flexibility index (Phi) is 4.67. The number of sulfonamides is 1. The van der Waals surface area contributed by atoms with Crippen LogP contribution < -0.4 is 4.72 Å². The van der Waals surface area contributed by atoms with Gasteiger partial charge in [0.25, 0.3) is 0 Å². The topological polar surface area (TPSA) is 87.7 Å². The fourth-order valence-corrected chi connectivity index (χ4v) is 3.54. The van der Waals surface area contributed by atoms with Crippen LogP contribution in [0, 0.1) is 0 Å². The predicted octanol–water partition coefficient (Wildman–Crippen LogP) is 4.18. The molecule has 0 aliphatic carbocycles. The number of anilines is 1. The zero-order valence-electron chi connectivity index (χ0n) is 15.1. The third kappa shape index (κ3) is 3.94. The number of hydrogen-bond acceptors (Lipinski definition) is 4. The van der Waals surface area contributed by atoms with E-state index < -0.39 is 10.0 Å². The quantitative estimate of drug-likeness (QED) is 0.535. The van der Waals surface area contributed by atoms with Crippen LogP contribution in [0.15, 0.2) is 79.1 Å². The minimum Gasteiger partial charge on any atom is -0.337 e. The van der Waals surface area contributed by atoms with E-state index in [0.717, 1.165) is 40.2 Å². The molecule has 0 saturated carbocycles. The summed E-state index contributed by atoms with van der Waals surface area (Å²) in [6.45, 7) is 0. The molecule has 2 aromatic carbocycles. The molecule has 0 atom stereocenters. The van der Waals surface area contributed by atoms with E-state index in [9.17, 15) is 8.42 Å². The Morgan fingerprint density at radius 2 is 1.57 bits per heavy atom. The maximum Gasteiger partial charge on any atom is 0.229 e. The molecule has 0 fully saturated rings. The second-order valence-electron chi connectivity index (χ2n) is 6.37. The lowest BCUT2D eigenvalue weighted by Crippen LogP contribution is -2.09. The van der Waals surface area contributed by atoms with Crippen molar-refractivity contribution < 1.29 is 8.42 Å². The number of hydrogen-bond donors (Lipinski definition) is 2. The molecule has 2 aromatic heterocycles. The molecule has 0 bridgehead atoms. The summed E-state index contributed by atoms with van der Waals surface area (Å²) in [5, 5.41) is 0. The van der Waals surface area contributed by atoms with E-state index >= 15 is 0 Å². The van der Waals surface area contributed by atoms with Gasteiger partial charge in [-0.15, -0.1) is 0 Å². The highest BCUT2D eigenvalue weighted by atomic mass is 32.2. The number of imidazole rings is 1. The van der Waals surface area contributed by atoms with Crippen molar-refractivity contribution in [2.75, 3.05) is 11.0 Å². The fourth-order valence-electron chi connectivity index (χ4n) is 2.99. The molecule has 0 spiro atoms. The van der Waals surface area contributed by atoms with Gasteiger partial charge in [-0.2, -0.15) is 0 Å². The fraction of sp³-hybridized carbons (Fsp3) is 0.0476. The lowest BCUT2D eigenvalue weighted by atomic mass is 10.1. The minimum absolute atomic E-state index is 0.497. The largest absolute Gasteiger partial charge is 0.337 e. The van der Waals surface area contributed by atoms with Gasteiger partial charge in [0.2, 0.25) is 10.0 Å². The first-order chi connectivity index (χ1) is 13.5. The summed E-state index contributed by atoms with van der Waals surface area (Å²) >= 11 is 0. The average Bonchev–Trinajstić information content (AvgIpc) is 3.14. The molecule has 28 heavy (non-hydrogen) atoms. The first kappa shape index (κ1) is 17.9. The normalized spacial score (nSPS) is 11.3. The molecule has 4 aromatic rings. The van der Waals surface area contributed by atoms with Gasteiger partial charge < -0.3 is 4.98 Å². The Labute approximate surface area is 163 Å². The summed E-state index contributed by atoms with van der Waals surface area (Å²) in [5.74, 6) is 0.740.